The topological polar surface area (TPSA) is 58.4 Å². The number of carbonyl (C=O) groups is 1. The van der Waals surface area contributed by atoms with Gasteiger partial charge in [-0.3, -0.25) is 4.79 Å². The molecule has 0 atom stereocenters. The van der Waals surface area contributed by atoms with Gasteiger partial charge in [0.05, 0.1) is 0 Å². The molecule has 18 heavy (non-hydrogen) atoms. The van der Waals surface area contributed by atoms with Gasteiger partial charge < -0.3 is 16.0 Å². The van der Waals surface area contributed by atoms with Crippen LogP contribution in [0.2, 0.25) is 0 Å². The molecule has 0 aromatic carbocycles. The van der Waals surface area contributed by atoms with Crippen molar-refractivity contribution in [1.82, 2.24) is 10.2 Å². The van der Waals surface area contributed by atoms with E-state index in [1.807, 2.05) is 0 Å². The van der Waals surface area contributed by atoms with E-state index in [1.165, 1.54) is 0 Å². The highest BCUT2D eigenvalue weighted by molar-refractivity contribution is 5.76. The first-order valence-electron chi connectivity index (χ1n) is 7.21. The average molecular weight is 255 g/mol. The van der Waals surface area contributed by atoms with Gasteiger partial charge in [0.2, 0.25) is 5.91 Å². The molecule has 4 nitrogen and oxygen atoms in total. The third kappa shape index (κ3) is 5.83. The van der Waals surface area contributed by atoms with Crippen molar-refractivity contribution >= 4 is 5.91 Å². The summed E-state index contributed by atoms with van der Waals surface area (Å²) in [5.74, 6) is 0.750. The minimum absolute atomic E-state index is 0.202. The third-order valence-electron chi connectivity index (χ3n) is 4.03. The molecular weight excluding hydrogens is 226 g/mol. The lowest BCUT2D eigenvalue weighted by molar-refractivity contribution is -0.122. The molecular formula is C14H29N3O. The number of carbonyl (C=O) groups excluding carboxylic acids is 1. The van der Waals surface area contributed by atoms with E-state index in [1.54, 1.807) is 0 Å². The summed E-state index contributed by atoms with van der Waals surface area (Å²) in [5, 5.41) is 3.02. The zero-order valence-corrected chi connectivity index (χ0v) is 12.1. The largest absolute Gasteiger partial charge is 0.355 e. The van der Waals surface area contributed by atoms with Crippen molar-refractivity contribution in [2.24, 2.45) is 11.7 Å². The Morgan fingerprint density at radius 1 is 1.33 bits per heavy atom. The monoisotopic (exact) mass is 255 g/mol. The summed E-state index contributed by atoms with van der Waals surface area (Å²) < 4.78 is 0. The van der Waals surface area contributed by atoms with Gasteiger partial charge >= 0.3 is 0 Å². The summed E-state index contributed by atoms with van der Waals surface area (Å²) in [4.78, 5) is 14.0. The van der Waals surface area contributed by atoms with Crippen LogP contribution in [0.25, 0.3) is 0 Å². The van der Waals surface area contributed by atoms with Gasteiger partial charge in [-0.2, -0.15) is 0 Å². The maximum Gasteiger partial charge on any atom is 0.220 e. The highest BCUT2D eigenvalue weighted by Crippen LogP contribution is 2.25. The molecule has 0 spiro atoms. The van der Waals surface area contributed by atoms with E-state index in [0.717, 1.165) is 38.8 Å². The summed E-state index contributed by atoms with van der Waals surface area (Å²) in [6.07, 6.45) is 5.06. The van der Waals surface area contributed by atoms with E-state index in [2.05, 4.69) is 31.1 Å². The lowest BCUT2D eigenvalue weighted by atomic mass is 9.84. The summed E-state index contributed by atoms with van der Waals surface area (Å²) in [6.45, 7) is 5.98. The van der Waals surface area contributed by atoms with Crippen LogP contribution in [0.5, 0.6) is 0 Å². The standard InChI is InChI=1S/C14H29N3O/c1-11(2)17(3)9-8-16-14(18)10-12-4-6-13(15)7-5-12/h11-13H,4-10,15H2,1-3H3,(H,16,18). The number of hydrogen-bond acceptors (Lipinski definition) is 3. The summed E-state index contributed by atoms with van der Waals surface area (Å²) in [6, 6.07) is 0.894. The van der Waals surface area contributed by atoms with Crippen LogP contribution in [0.3, 0.4) is 0 Å². The molecule has 0 aromatic heterocycles. The van der Waals surface area contributed by atoms with Gasteiger partial charge in [-0.15, -0.1) is 0 Å². The van der Waals surface area contributed by atoms with Crippen LogP contribution in [0.1, 0.15) is 46.0 Å². The quantitative estimate of drug-likeness (QED) is 0.753. The van der Waals surface area contributed by atoms with Crippen molar-refractivity contribution < 1.29 is 4.79 Å². The molecule has 0 unspecified atom stereocenters. The molecule has 0 aromatic rings. The molecule has 106 valence electrons. The van der Waals surface area contributed by atoms with E-state index < -0.39 is 0 Å². The Kier molecular flexibility index (Phi) is 6.65. The van der Waals surface area contributed by atoms with Crippen molar-refractivity contribution in [2.45, 2.75) is 58.0 Å². The van der Waals surface area contributed by atoms with E-state index in [0.29, 0.717) is 24.4 Å². The fraction of sp³-hybridized carbons (Fsp3) is 0.929. The van der Waals surface area contributed by atoms with Gasteiger partial charge in [0.1, 0.15) is 0 Å². The number of nitrogens with two attached hydrogens (primary N) is 1. The van der Waals surface area contributed by atoms with E-state index in [-0.39, 0.29) is 5.91 Å². The van der Waals surface area contributed by atoms with E-state index >= 15 is 0 Å². The summed E-state index contributed by atoms with van der Waals surface area (Å²) in [5.41, 5.74) is 5.86. The summed E-state index contributed by atoms with van der Waals surface area (Å²) in [7, 11) is 2.08. The van der Waals surface area contributed by atoms with Crippen molar-refractivity contribution in [2.75, 3.05) is 20.1 Å². The maximum absolute atomic E-state index is 11.8. The minimum atomic E-state index is 0.202. The first-order chi connectivity index (χ1) is 8.49. The van der Waals surface area contributed by atoms with Crippen LogP contribution in [0, 0.1) is 5.92 Å². The zero-order valence-electron chi connectivity index (χ0n) is 12.1. The molecule has 1 aliphatic carbocycles. The third-order valence-corrected chi connectivity index (χ3v) is 4.03. The number of hydrogen-bond donors (Lipinski definition) is 2. The van der Waals surface area contributed by atoms with Gasteiger partial charge in [0.25, 0.3) is 0 Å². The van der Waals surface area contributed by atoms with Crippen molar-refractivity contribution in [1.29, 1.82) is 0 Å². The molecule has 0 bridgehead atoms. The molecule has 3 N–H and O–H groups in total. The van der Waals surface area contributed by atoms with Crippen molar-refractivity contribution in [3.63, 3.8) is 0 Å². The SMILES string of the molecule is CC(C)N(C)CCNC(=O)CC1CCC(N)CC1. The zero-order chi connectivity index (χ0) is 13.5. The fourth-order valence-electron chi connectivity index (χ4n) is 2.36. The van der Waals surface area contributed by atoms with E-state index in [9.17, 15) is 4.79 Å². The van der Waals surface area contributed by atoms with E-state index in [4.69, 9.17) is 5.73 Å². The Morgan fingerprint density at radius 2 is 1.94 bits per heavy atom. The first kappa shape index (κ1) is 15.4. The molecule has 1 aliphatic rings. The molecule has 1 fully saturated rings. The van der Waals surface area contributed by atoms with Crippen LogP contribution in [-0.2, 0) is 4.79 Å². The Hall–Kier alpha value is -0.610. The van der Waals surface area contributed by atoms with Crippen molar-refractivity contribution in [3.05, 3.63) is 0 Å². The van der Waals surface area contributed by atoms with Crippen LogP contribution in [0.4, 0.5) is 0 Å². The van der Waals surface area contributed by atoms with Gasteiger partial charge in [-0.1, -0.05) is 0 Å². The van der Waals surface area contributed by atoms with Gasteiger partial charge in [0.15, 0.2) is 0 Å². The molecule has 4 heteroatoms. The Morgan fingerprint density at radius 3 is 2.50 bits per heavy atom. The predicted molar refractivity (Wildman–Crippen MR) is 75.3 cm³/mol. The second kappa shape index (κ2) is 7.74. The highest BCUT2D eigenvalue weighted by Gasteiger charge is 2.20. The Balaban J connectivity index is 2.10. The highest BCUT2D eigenvalue weighted by atomic mass is 16.1. The van der Waals surface area contributed by atoms with Gasteiger partial charge in [0, 0.05) is 31.6 Å². The fourth-order valence-corrected chi connectivity index (χ4v) is 2.36. The molecule has 0 heterocycles. The van der Waals surface area contributed by atoms with Crippen molar-refractivity contribution in [3.8, 4) is 0 Å². The van der Waals surface area contributed by atoms with Crippen LogP contribution >= 0.6 is 0 Å². The molecule has 1 amide bonds. The molecule has 1 rings (SSSR count). The molecule has 1 saturated carbocycles. The molecule has 0 aliphatic heterocycles. The number of amides is 1. The number of rotatable bonds is 6. The lowest BCUT2D eigenvalue weighted by Gasteiger charge is -2.26. The lowest BCUT2D eigenvalue weighted by Crippen LogP contribution is -2.37. The normalized spacial score (nSPS) is 24.6. The Labute approximate surface area is 111 Å². The van der Waals surface area contributed by atoms with Gasteiger partial charge in [-0.05, 0) is 52.5 Å². The minimum Gasteiger partial charge on any atom is -0.355 e. The Bertz CT molecular complexity index is 247. The first-order valence-corrected chi connectivity index (χ1v) is 7.21. The van der Waals surface area contributed by atoms with Gasteiger partial charge in [-0.25, -0.2) is 0 Å². The smallest absolute Gasteiger partial charge is 0.220 e. The number of likely N-dealkylation sites (N-methyl/N-ethyl adjacent to an activating group) is 1. The average Bonchev–Trinajstić information content (AvgIpc) is 2.32. The summed E-state index contributed by atoms with van der Waals surface area (Å²) >= 11 is 0. The molecule has 0 saturated heterocycles. The maximum atomic E-state index is 11.8. The second-order valence-corrected chi connectivity index (χ2v) is 5.91. The predicted octanol–water partition coefficient (Wildman–Crippen LogP) is 1.35. The van der Waals surface area contributed by atoms with Crippen LogP contribution < -0.4 is 11.1 Å². The van der Waals surface area contributed by atoms with Crippen LogP contribution in [0.15, 0.2) is 0 Å². The van der Waals surface area contributed by atoms with Crippen LogP contribution in [-0.4, -0.2) is 43.0 Å². The number of nitrogens with zero attached hydrogens (tertiary/aromatic N) is 1. The molecule has 0 radical (unpaired) electrons. The number of nitrogens with one attached hydrogen (secondary N) is 1. The second-order valence-electron chi connectivity index (χ2n) is 5.91.